The maximum Gasteiger partial charge on any atom is 0.253 e. The molecule has 2 aromatic heterocycles. The highest BCUT2D eigenvalue weighted by atomic mass is 32.1. The Morgan fingerprint density at radius 3 is 2.42 bits per heavy atom. The summed E-state index contributed by atoms with van der Waals surface area (Å²) in [6.45, 7) is 5.72. The number of Topliss-reactive ketones (excluding diaryl/α,β-unsaturated/α-hetero) is 1. The van der Waals surface area contributed by atoms with E-state index in [0.29, 0.717) is 12.1 Å². The van der Waals surface area contributed by atoms with Gasteiger partial charge in [0, 0.05) is 23.7 Å². The highest BCUT2D eigenvalue weighted by Crippen LogP contribution is 2.29. The first kappa shape index (κ1) is 18.1. The first-order valence-electron chi connectivity index (χ1n) is 8.24. The number of benzene rings is 1. The van der Waals surface area contributed by atoms with Gasteiger partial charge in [0.2, 0.25) is 0 Å². The molecule has 134 valence electrons. The first-order chi connectivity index (χ1) is 12.4. The van der Waals surface area contributed by atoms with E-state index in [1.807, 2.05) is 37.4 Å². The molecule has 0 bridgehead atoms. The molecule has 0 aliphatic heterocycles. The normalized spacial score (nSPS) is 10.8. The van der Waals surface area contributed by atoms with Crippen molar-refractivity contribution in [3.8, 4) is 11.1 Å². The standard InChI is InChI=1S/C20H20N2O3S/c1-12-18(14(3)25-21-12)11-22(4)20(24)16-7-5-15(6-8-16)17-9-10-26-19(17)13(2)23/h5-10H,11H2,1-4H3. The average Bonchev–Trinajstić information content (AvgIpc) is 3.23. The predicted molar refractivity (Wildman–Crippen MR) is 102 cm³/mol. The molecule has 26 heavy (non-hydrogen) atoms. The van der Waals surface area contributed by atoms with Crippen LogP contribution in [0.2, 0.25) is 0 Å². The molecule has 0 aliphatic carbocycles. The second-order valence-electron chi connectivity index (χ2n) is 6.26. The van der Waals surface area contributed by atoms with Gasteiger partial charge in [-0.25, -0.2) is 0 Å². The van der Waals surface area contributed by atoms with Crippen LogP contribution in [0.15, 0.2) is 40.2 Å². The van der Waals surface area contributed by atoms with Crippen LogP contribution in [-0.4, -0.2) is 28.8 Å². The lowest BCUT2D eigenvalue weighted by Gasteiger charge is -2.17. The zero-order valence-corrected chi connectivity index (χ0v) is 16.0. The Bertz CT molecular complexity index is 934. The van der Waals surface area contributed by atoms with Gasteiger partial charge in [-0.3, -0.25) is 9.59 Å². The van der Waals surface area contributed by atoms with E-state index in [-0.39, 0.29) is 11.7 Å². The van der Waals surface area contributed by atoms with E-state index < -0.39 is 0 Å². The minimum Gasteiger partial charge on any atom is -0.361 e. The molecule has 0 spiro atoms. The molecule has 3 aromatic rings. The Morgan fingerprint density at radius 2 is 1.85 bits per heavy atom. The molecule has 5 nitrogen and oxygen atoms in total. The maximum atomic E-state index is 12.7. The van der Waals surface area contributed by atoms with Crippen LogP contribution >= 0.6 is 11.3 Å². The van der Waals surface area contributed by atoms with E-state index in [9.17, 15) is 9.59 Å². The highest BCUT2D eigenvalue weighted by molar-refractivity contribution is 7.12. The van der Waals surface area contributed by atoms with Crippen LogP contribution in [0, 0.1) is 13.8 Å². The monoisotopic (exact) mass is 368 g/mol. The van der Waals surface area contributed by atoms with Gasteiger partial charge < -0.3 is 9.42 Å². The van der Waals surface area contributed by atoms with Gasteiger partial charge >= 0.3 is 0 Å². The zero-order valence-electron chi connectivity index (χ0n) is 15.2. The third-order valence-electron chi connectivity index (χ3n) is 4.35. The SMILES string of the molecule is CC(=O)c1sccc1-c1ccc(C(=O)N(C)Cc2c(C)noc2C)cc1. The van der Waals surface area contributed by atoms with Crippen molar-refractivity contribution in [2.45, 2.75) is 27.3 Å². The molecule has 0 aliphatic rings. The van der Waals surface area contributed by atoms with Gasteiger partial charge in [-0.15, -0.1) is 11.3 Å². The van der Waals surface area contributed by atoms with Crippen molar-refractivity contribution in [3.63, 3.8) is 0 Å². The number of nitrogens with zero attached hydrogens (tertiary/aromatic N) is 2. The minimum atomic E-state index is -0.0753. The highest BCUT2D eigenvalue weighted by Gasteiger charge is 2.17. The van der Waals surface area contributed by atoms with Gasteiger partial charge in [0.15, 0.2) is 5.78 Å². The Hall–Kier alpha value is -2.73. The summed E-state index contributed by atoms with van der Waals surface area (Å²) < 4.78 is 5.15. The molecule has 3 rings (SSSR count). The van der Waals surface area contributed by atoms with Gasteiger partial charge in [0.25, 0.3) is 5.91 Å². The van der Waals surface area contributed by atoms with E-state index in [4.69, 9.17) is 4.52 Å². The number of hydrogen-bond donors (Lipinski definition) is 0. The van der Waals surface area contributed by atoms with Crippen LogP contribution in [0.25, 0.3) is 11.1 Å². The number of aromatic nitrogens is 1. The average molecular weight is 368 g/mol. The second-order valence-corrected chi connectivity index (χ2v) is 7.18. The Morgan fingerprint density at radius 1 is 1.15 bits per heavy atom. The van der Waals surface area contributed by atoms with Crippen molar-refractivity contribution in [3.05, 3.63) is 63.2 Å². The van der Waals surface area contributed by atoms with Crippen LogP contribution in [0.5, 0.6) is 0 Å². The van der Waals surface area contributed by atoms with Gasteiger partial charge in [0.05, 0.1) is 17.1 Å². The molecular formula is C20H20N2O3S. The Kier molecular flexibility index (Phi) is 5.04. The van der Waals surface area contributed by atoms with Crippen LogP contribution in [0.4, 0.5) is 0 Å². The summed E-state index contributed by atoms with van der Waals surface area (Å²) in [5.41, 5.74) is 4.17. The summed E-state index contributed by atoms with van der Waals surface area (Å²) in [7, 11) is 1.76. The molecule has 0 saturated heterocycles. The fraction of sp³-hybridized carbons (Fsp3) is 0.250. The minimum absolute atomic E-state index is 0.0503. The number of ketones is 1. The predicted octanol–water partition coefficient (Wildman–Crippen LogP) is 4.49. The molecule has 2 heterocycles. The van der Waals surface area contributed by atoms with Crippen LogP contribution in [-0.2, 0) is 6.54 Å². The van der Waals surface area contributed by atoms with Gasteiger partial charge in [-0.05, 0) is 49.9 Å². The van der Waals surface area contributed by atoms with Crippen LogP contribution < -0.4 is 0 Å². The molecular weight excluding hydrogens is 348 g/mol. The molecule has 1 aromatic carbocycles. The lowest BCUT2D eigenvalue weighted by atomic mass is 10.0. The lowest BCUT2D eigenvalue weighted by Crippen LogP contribution is -2.26. The van der Waals surface area contributed by atoms with E-state index in [2.05, 4.69) is 5.16 Å². The third kappa shape index (κ3) is 3.46. The van der Waals surface area contributed by atoms with Gasteiger partial charge in [-0.1, -0.05) is 17.3 Å². The molecule has 6 heteroatoms. The fourth-order valence-electron chi connectivity index (χ4n) is 2.86. The molecule has 0 saturated carbocycles. The summed E-state index contributed by atoms with van der Waals surface area (Å²) in [6, 6.07) is 9.28. The van der Waals surface area contributed by atoms with E-state index >= 15 is 0 Å². The van der Waals surface area contributed by atoms with Crippen molar-refractivity contribution in [2.24, 2.45) is 0 Å². The number of carbonyl (C=O) groups excluding carboxylic acids is 2. The quantitative estimate of drug-likeness (QED) is 0.622. The van der Waals surface area contributed by atoms with E-state index in [1.54, 1.807) is 31.0 Å². The van der Waals surface area contributed by atoms with E-state index in [0.717, 1.165) is 33.0 Å². The molecule has 0 unspecified atom stereocenters. The summed E-state index contributed by atoms with van der Waals surface area (Å²) in [5, 5.41) is 5.83. The number of amides is 1. The third-order valence-corrected chi connectivity index (χ3v) is 5.37. The number of hydrogen-bond acceptors (Lipinski definition) is 5. The summed E-state index contributed by atoms with van der Waals surface area (Å²) in [5.74, 6) is 0.703. The van der Waals surface area contributed by atoms with Gasteiger partial charge in [0.1, 0.15) is 5.76 Å². The molecule has 0 radical (unpaired) electrons. The molecule has 0 fully saturated rings. The van der Waals surface area contributed by atoms with Crippen molar-refractivity contribution >= 4 is 23.0 Å². The first-order valence-corrected chi connectivity index (χ1v) is 9.12. The van der Waals surface area contributed by atoms with E-state index in [1.165, 1.54) is 11.3 Å². The second kappa shape index (κ2) is 7.25. The lowest BCUT2D eigenvalue weighted by molar-refractivity contribution is 0.0784. The zero-order chi connectivity index (χ0) is 18.8. The smallest absolute Gasteiger partial charge is 0.253 e. The summed E-state index contributed by atoms with van der Waals surface area (Å²) >= 11 is 1.43. The number of rotatable bonds is 5. The largest absolute Gasteiger partial charge is 0.361 e. The number of carbonyl (C=O) groups is 2. The number of aryl methyl sites for hydroxylation is 2. The van der Waals surface area contributed by atoms with Gasteiger partial charge in [-0.2, -0.15) is 0 Å². The van der Waals surface area contributed by atoms with Crippen LogP contribution in [0.3, 0.4) is 0 Å². The Balaban J connectivity index is 1.78. The summed E-state index contributed by atoms with van der Waals surface area (Å²) in [4.78, 5) is 26.8. The molecule has 0 atom stereocenters. The van der Waals surface area contributed by atoms with Crippen LogP contribution in [0.1, 0.15) is 44.0 Å². The topological polar surface area (TPSA) is 63.4 Å². The maximum absolute atomic E-state index is 12.7. The van der Waals surface area contributed by atoms with Crippen molar-refractivity contribution in [2.75, 3.05) is 7.05 Å². The molecule has 0 N–H and O–H groups in total. The Labute approximate surface area is 156 Å². The summed E-state index contributed by atoms with van der Waals surface area (Å²) in [6.07, 6.45) is 0. The number of thiophene rings is 1. The van der Waals surface area contributed by atoms with Crippen molar-refractivity contribution in [1.29, 1.82) is 0 Å². The fourth-order valence-corrected chi connectivity index (χ4v) is 3.68. The van der Waals surface area contributed by atoms with Crippen molar-refractivity contribution < 1.29 is 14.1 Å². The van der Waals surface area contributed by atoms with Crippen molar-refractivity contribution in [1.82, 2.24) is 10.1 Å². The molecule has 1 amide bonds.